The Hall–Kier alpha value is -3.10. The molecule has 0 unspecified atom stereocenters. The molecule has 8 nitrogen and oxygen atoms in total. The lowest BCUT2D eigenvalue weighted by molar-refractivity contribution is -0.162. The minimum atomic E-state index is -0.759. The van der Waals surface area contributed by atoms with Crippen molar-refractivity contribution in [3.63, 3.8) is 0 Å². The summed E-state index contributed by atoms with van der Waals surface area (Å²) in [4.78, 5) is 43.5. The lowest BCUT2D eigenvalue weighted by Gasteiger charge is -2.52. The van der Waals surface area contributed by atoms with Gasteiger partial charge in [0, 0.05) is 32.7 Å². The van der Waals surface area contributed by atoms with Crippen LogP contribution in [0.2, 0.25) is 0 Å². The van der Waals surface area contributed by atoms with Crippen LogP contribution in [-0.2, 0) is 27.4 Å². The summed E-state index contributed by atoms with van der Waals surface area (Å²) in [7, 11) is 0. The summed E-state index contributed by atoms with van der Waals surface area (Å²) in [6.45, 7) is 8.03. The molecule has 1 spiro atoms. The number of nitrogens with zero attached hydrogens (tertiary/aromatic N) is 2. The molecule has 9 heteroatoms. The standard InChI is InChI=1S/C32H44N4O4.ClH/c1-25(2)23-36-29(37)28(15-9-10-19-33-31(39)40-24-27-13-7-4-8-14-27)34-30(38)32(36)17-21-35(22-18-32)20-16-26-11-5-3-6-12-26;/h3-8,11-14,25,28H,9-10,15-24H2,1-2H3,(H,33,39)(H,34,38);1H/t28-;/m0./s1. The molecule has 2 fully saturated rings. The van der Waals surface area contributed by atoms with Gasteiger partial charge in [-0.1, -0.05) is 74.5 Å². The zero-order chi connectivity index (χ0) is 28.4. The first-order valence-corrected chi connectivity index (χ1v) is 14.7. The van der Waals surface area contributed by atoms with Gasteiger partial charge in [-0.2, -0.15) is 0 Å². The highest BCUT2D eigenvalue weighted by Gasteiger charge is 2.53. The lowest BCUT2D eigenvalue weighted by Crippen LogP contribution is -2.73. The van der Waals surface area contributed by atoms with E-state index < -0.39 is 17.7 Å². The molecule has 0 aliphatic carbocycles. The summed E-state index contributed by atoms with van der Waals surface area (Å²) in [6, 6.07) is 19.5. The summed E-state index contributed by atoms with van der Waals surface area (Å²) in [5, 5.41) is 5.85. The Balaban J connectivity index is 0.00000462. The monoisotopic (exact) mass is 584 g/mol. The minimum absolute atomic E-state index is 0. The number of benzene rings is 2. The molecule has 2 aliphatic heterocycles. The lowest BCUT2D eigenvalue weighted by atomic mass is 9.80. The Morgan fingerprint density at radius 2 is 1.63 bits per heavy atom. The van der Waals surface area contributed by atoms with Crippen LogP contribution in [0.3, 0.4) is 0 Å². The third-order valence-corrected chi connectivity index (χ3v) is 8.00. The number of piperazine rings is 1. The number of hydrogen-bond donors (Lipinski definition) is 2. The van der Waals surface area contributed by atoms with Gasteiger partial charge < -0.3 is 25.2 Å². The second kappa shape index (κ2) is 15.8. The van der Waals surface area contributed by atoms with Gasteiger partial charge in [-0.05, 0) is 55.6 Å². The molecular formula is C32H45ClN4O4. The quantitative estimate of drug-likeness (QED) is 0.357. The predicted octanol–water partition coefficient (Wildman–Crippen LogP) is 4.57. The van der Waals surface area contributed by atoms with Crippen molar-refractivity contribution < 1.29 is 19.1 Å². The van der Waals surface area contributed by atoms with Crippen LogP contribution in [0.5, 0.6) is 0 Å². The Bertz CT molecular complexity index is 1110. The second-order valence-electron chi connectivity index (χ2n) is 11.5. The van der Waals surface area contributed by atoms with E-state index in [9.17, 15) is 14.4 Å². The third kappa shape index (κ3) is 8.94. The van der Waals surface area contributed by atoms with Crippen molar-refractivity contribution in [3.8, 4) is 0 Å². The molecule has 2 aromatic carbocycles. The number of halogens is 1. The van der Waals surface area contributed by atoms with Crippen molar-refractivity contribution in [2.75, 3.05) is 32.7 Å². The van der Waals surface area contributed by atoms with Gasteiger partial charge in [0.2, 0.25) is 11.8 Å². The molecule has 0 saturated carbocycles. The number of carbonyl (C=O) groups excluding carboxylic acids is 3. The van der Waals surface area contributed by atoms with E-state index in [1.54, 1.807) is 0 Å². The largest absolute Gasteiger partial charge is 0.445 e. The molecule has 3 amide bonds. The maximum Gasteiger partial charge on any atom is 0.407 e. The normalized spacial score (nSPS) is 18.6. The molecule has 2 saturated heterocycles. The van der Waals surface area contributed by atoms with Gasteiger partial charge >= 0.3 is 6.09 Å². The second-order valence-corrected chi connectivity index (χ2v) is 11.5. The van der Waals surface area contributed by atoms with E-state index in [-0.39, 0.29) is 36.7 Å². The molecule has 41 heavy (non-hydrogen) atoms. The van der Waals surface area contributed by atoms with Crippen molar-refractivity contribution in [1.82, 2.24) is 20.4 Å². The van der Waals surface area contributed by atoms with Gasteiger partial charge in [-0.3, -0.25) is 9.59 Å². The molecular weight excluding hydrogens is 540 g/mol. The Labute approximate surface area is 250 Å². The summed E-state index contributed by atoms with van der Waals surface area (Å²) in [5.41, 5.74) is 1.49. The number of piperidine rings is 1. The van der Waals surface area contributed by atoms with Crippen molar-refractivity contribution in [2.24, 2.45) is 5.92 Å². The first-order valence-electron chi connectivity index (χ1n) is 14.7. The smallest absolute Gasteiger partial charge is 0.407 e. The predicted molar refractivity (Wildman–Crippen MR) is 163 cm³/mol. The van der Waals surface area contributed by atoms with Crippen molar-refractivity contribution in [2.45, 2.75) is 70.6 Å². The minimum Gasteiger partial charge on any atom is -0.445 e. The highest BCUT2D eigenvalue weighted by Crippen LogP contribution is 2.34. The van der Waals surface area contributed by atoms with E-state index in [1.807, 2.05) is 41.3 Å². The van der Waals surface area contributed by atoms with Crippen LogP contribution < -0.4 is 10.6 Å². The van der Waals surface area contributed by atoms with E-state index >= 15 is 0 Å². The molecule has 2 aromatic rings. The van der Waals surface area contributed by atoms with Crippen LogP contribution >= 0.6 is 12.4 Å². The van der Waals surface area contributed by atoms with E-state index in [2.05, 4.69) is 53.6 Å². The van der Waals surface area contributed by atoms with E-state index in [0.717, 1.165) is 31.6 Å². The number of rotatable bonds is 12. The first kappa shape index (κ1) is 32.4. The van der Waals surface area contributed by atoms with Gasteiger partial charge in [-0.25, -0.2) is 4.79 Å². The van der Waals surface area contributed by atoms with Crippen LogP contribution in [0.15, 0.2) is 60.7 Å². The molecule has 1 atom stereocenters. The van der Waals surface area contributed by atoms with Crippen molar-refractivity contribution in [3.05, 3.63) is 71.8 Å². The maximum absolute atomic E-state index is 13.7. The molecule has 0 radical (unpaired) electrons. The number of carbonyl (C=O) groups is 3. The van der Waals surface area contributed by atoms with Crippen LogP contribution in [0, 0.1) is 5.92 Å². The fraction of sp³-hybridized carbons (Fsp3) is 0.531. The van der Waals surface area contributed by atoms with Gasteiger partial charge in [0.25, 0.3) is 0 Å². The number of hydrogen-bond acceptors (Lipinski definition) is 5. The van der Waals surface area contributed by atoms with Gasteiger partial charge in [0.05, 0.1) is 0 Å². The highest BCUT2D eigenvalue weighted by molar-refractivity contribution is 6.00. The average molecular weight is 585 g/mol. The van der Waals surface area contributed by atoms with Crippen LogP contribution in [0.4, 0.5) is 4.79 Å². The van der Waals surface area contributed by atoms with Crippen molar-refractivity contribution >= 4 is 30.3 Å². The van der Waals surface area contributed by atoms with Crippen LogP contribution in [-0.4, -0.2) is 72.0 Å². The number of alkyl carbamates (subject to hydrolysis) is 1. The number of amides is 3. The number of likely N-dealkylation sites (tertiary alicyclic amines) is 1. The number of unbranched alkanes of at least 4 members (excludes halogenated alkanes) is 1. The molecule has 4 rings (SSSR count). The fourth-order valence-electron chi connectivity index (χ4n) is 5.71. The molecule has 0 bridgehead atoms. The van der Waals surface area contributed by atoms with Crippen LogP contribution in [0.1, 0.15) is 57.1 Å². The molecule has 2 N–H and O–H groups in total. The molecule has 2 heterocycles. The average Bonchev–Trinajstić information content (AvgIpc) is 2.97. The zero-order valence-corrected chi connectivity index (χ0v) is 25.2. The molecule has 224 valence electrons. The van der Waals surface area contributed by atoms with Gasteiger partial charge in [0.15, 0.2) is 0 Å². The topological polar surface area (TPSA) is 91.0 Å². The first-order chi connectivity index (χ1) is 19.4. The van der Waals surface area contributed by atoms with Gasteiger partial charge in [0.1, 0.15) is 18.2 Å². The van der Waals surface area contributed by atoms with E-state index in [4.69, 9.17) is 4.74 Å². The van der Waals surface area contributed by atoms with Crippen LogP contribution in [0.25, 0.3) is 0 Å². The molecule has 0 aromatic heterocycles. The third-order valence-electron chi connectivity index (χ3n) is 8.00. The summed E-state index contributed by atoms with van der Waals surface area (Å²) >= 11 is 0. The molecule has 2 aliphatic rings. The SMILES string of the molecule is CC(C)CN1C(=O)[C@H](CCCCNC(=O)OCc2ccccc2)NC(=O)C12CCN(CCc1ccccc1)CC2.Cl. The summed E-state index contributed by atoms with van der Waals surface area (Å²) < 4.78 is 5.24. The van der Waals surface area contributed by atoms with Gasteiger partial charge in [-0.15, -0.1) is 12.4 Å². The summed E-state index contributed by atoms with van der Waals surface area (Å²) in [5.74, 6) is 0.291. The number of nitrogens with one attached hydrogen (secondary N) is 2. The maximum atomic E-state index is 13.7. The van der Waals surface area contributed by atoms with E-state index in [0.29, 0.717) is 45.2 Å². The Morgan fingerprint density at radius 3 is 2.27 bits per heavy atom. The Kier molecular flexibility index (Phi) is 12.5. The van der Waals surface area contributed by atoms with Crippen molar-refractivity contribution in [1.29, 1.82) is 0 Å². The zero-order valence-electron chi connectivity index (χ0n) is 24.3. The highest BCUT2D eigenvalue weighted by atomic mass is 35.5. The summed E-state index contributed by atoms with van der Waals surface area (Å²) in [6.07, 6.45) is 3.82. The Morgan fingerprint density at radius 1 is 1.00 bits per heavy atom. The fourth-order valence-corrected chi connectivity index (χ4v) is 5.71. The van der Waals surface area contributed by atoms with E-state index in [1.165, 1.54) is 5.56 Å². The number of ether oxygens (including phenoxy) is 1.